The fraction of sp³-hybridized carbons (Fsp3) is 0.533. The summed E-state index contributed by atoms with van der Waals surface area (Å²) >= 11 is 0. The van der Waals surface area contributed by atoms with Crippen molar-refractivity contribution < 1.29 is 13.6 Å². The lowest BCUT2D eigenvalue weighted by atomic mass is 10.0. The van der Waals surface area contributed by atoms with E-state index in [1.54, 1.807) is 14.0 Å². The number of nitrogens with one attached hydrogen (secondary N) is 1. The fourth-order valence-electron chi connectivity index (χ4n) is 2.54. The van der Waals surface area contributed by atoms with E-state index in [1.807, 2.05) is 0 Å². The van der Waals surface area contributed by atoms with Gasteiger partial charge in [-0.2, -0.15) is 0 Å². The molecule has 1 N–H and O–H groups in total. The van der Waals surface area contributed by atoms with Crippen LogP contribution in [0.5, 0.6) is 0 Å². The summed E-state index contributed by atoms with van der Waals surface area (Å²) in [5.74, 6) is -1.05. The molecule has 5 heteroatoms. The average Bonchev–Trinajstić information content (AvgIpc) is 2.48. The van der Waals surface area contributed by atoms with Gasteiger partial charge in [0.15, 0.2) is 0 Å². The Balaban J connectivity index is 2.12. The van der Waals surface area contributed by atoms with Crippen LogP contribution >= 0.6 is 0 Å². The first-order chi connectivity index (χ1) is 9.50. The van der Waals surface area contributed by atoms with Crippen molar-refractivity contribution in [3.05, 3.63) is 35.4 Å². The molecule has 0 spiro atoms. The molecule has 0 radical (unpaired) electrons. The van der Waals surface area contributed by atoms with E-state index in [9.17, 15) is 13.6 Å². The third-order valence-corrected chi connectivity index (χ3v) is 3.95. The summed E-state index contributed by atoms with van der Waals surface area (Å²) in [5.41, 5.74) is 0.205. The third kappa shape index (κ3) is 3.15. The zero-order chi connectivity index (χ0) is 14.7. The molecule has 0 bridgehead atoms. The van der Waals surface area contributed by atoms with Gasteiger partial charge in [0.05, 0.1) is 12.1 Å². The molecule has 1 saturated heterocycles. The normalized spacial score (nSPS) is 20.5. The van der Waals surface area contributed by atoms with Gasteiger partial charge >= 0.3 is 0 Å². The first-order valence-corrected chi connectivity index (χ1v) is 6.95. The van der Waals surface area contributed by atoms with Gasteiger partial charge in [-0.1, -0.05) is 6.42 Å². The van der Waals surface area contributed by atoms with Crippen LogP contribution in [0, 0.1) is 11.6 Å². The van der Waals surface area contributed by atoms with E-state index in [-0.39, 0.29) is 17.5 Å². The number of hydrogen-bond acceptors (Lipinski definition) is 2. The summed E-state index contributed by atoms with van der Waals surface area (Å²) in [6, 6.07) is 2.61. The number of halogens is 2. The zero-order valence-corrected chi connectivity index (χ0v) is 11.8. The molecule has 1 aromatic carbocycles. The molecule has 0 aliphatic carbocycles. The Kier molecular flexibility index (Phi) is 4.70. The van der Waals surface area contributed by atoms with E-state index in [1.165, 1.54) is 4.90 Å². The van der Waals surface area contributed by atoms with Crippen LogP contribution in [0.25, 0.3) is 0 Å². The van der Waals surface area contributed by atoms with Crippen LogP contribution in [-0.2, 0) is 4.79 Å². The topological polar surface area (TPSA) is 32.3 Å². The maximum absolute atomic E-state index is 13.8. The summed E-state index contributed by atoms with van der Waals surface area (Å²) < 4.78 is 27.0. The molecule has 110 valence electrons. The van der Waals surface area contributed by atoms with Crippen LogP contribution in [0.15, 0.2) is 18.2 Å². The van der Waals surface area contributed by atoms with E-state index in [0.717, 1.165) is 44.0 Å². The quantitative estimate of drug-likeness (QED) is 0.924. The van der Waals surface area contributed by atoms with Gasteiger partial charge in [0.2, 0.25) is 5.91 Å². The van der Waals surface area contributed by atoms with Crippen molar-refractivity contribution in [2.24, 2.45) is 0 Å². The number of nitrogens with zero attached hydrogens (tertiary/aromatic N) is 1. The summed E-state index contributed by atoms with van der Waals surface area (Å²) in [4.78, 5) is 13.8. The first-order valence-electron chi connectivity index (χ1n) is 6.95. The summed E-state index contributed by atoms with van der Waals surface area (Å²) in [7, 11) is 1.63. The Labute approximate surface area is 118 Å². The number of rotatable bonds is 3. The standard InChI is InChI=1S/C15H20F2N2O/c1-10(12-9-11(16)6-7-13(12)17)19(2)15(20)14-5-3-4-8-18-14/h6-7,9-10,14,18H,3-5,8H2,1-2H3/t10?,14-/m1/s1. The molecule has 3 nitrogen and oxygen atoms in total. The maximum atomic E-state index is 13.8. The highest BCUT2D eigenvalue weighted by atomic mass is 19.1. The molecular formula is C15H20F2N2O. The predicted molar refractivity (Wildman–Crippen MR) is 73.2 cm³/mol. The minimum absolute atomic E-state index is 0.0686. The second-order valence-corrected chi connectivity index (χ2v) is 5.29. The second-order valence-electron chi connectivity index (χ2n) is 5.29. The minimum atomic E-state index is -0.498. The number of piperidine rings is 1. The molecule has 1 aliphatic heterocycles. The van der Waals surface area contributed by atoms with Crippen LogP contribution in [-0.4, -0.2) is 30.4 Å². The van der Waals surface area contributed by atoms with Gasteiger partial charge in [0.1, 0.15) is 11.6 Å². The molecule has 20 heavy (non-hydrogen) atoms. The third-order valence-electron chi connectivity index (χ3n) is 3.95. The van der Waals surface area contributed by atoms with Gasteiger partial charge in [-0.05, 0) is 44.5 Å². The molecule has 1 fully saturated rings. The molecule has 1 unspecified atom stereocenters. The fourth-order valence-corrected chi connectivity index (χ4v) is 2.54. The second kappa shape index (κ2) is 6.31. The lowest BCUT2D eigenvalue weighted by Crippen LogP contribution is -2.47. The van der Waals surface area contributed by atoms with E-state index >= 15 is 0 Å². The van der Waals surface area contributed by atoms with Crippen LogP contribution in [0.1, 0.15) is 37.8 Å². The van der Waals surface area contributed by atoms with Crippen LogP contribution in [0.3, 0.4) is 0 Å². The summed E-state index contributed by atoms with van der Waals surface area (Å²) in [6.07, 6.45) is 2.88. The van der Waals surface area contributed by atoms with E-state index < -0.39 is 17.7 Å². The molecular weight excluding hydrogens is 262 g/mol. The van der Waals surface area contributed by atoms with E-state index in [2.05, 4.69) is 5.32 Å². The van der Waals surface area contributed by atoms with Gasteiger partial charge in [0.25, 0.3) is 0 Å². The number of carbonyl (C=O) groups excluding carboxylic acids is 1. The highest BCUT2D eigenvalue weighted by molar-refractivity contribution is 5.82. The predicted octanol–water partition coefficient (Wildman–Crippen LogP) is 2.63. The lowest BCUT2D eigenvalue weighted by Gasteiger charge is -2.31. The summed E-state index contributed by atoms with van der Waals surface area (Å²) in [6.45, 7) is 2.53. The number of amides is 1. The van der Waals surface area contributed by atoms with Crippen molar-refractivity contribution in [1.82, 2.24) is 10.2 Å². The van der Waals surface area contributed by atoms with Gasteiger partial charge in [-0.25, -0.2) is 8.78 Å². The van der Waals surface area contributed by atoms with Gasteiger partial charge in [-0.15, -0.1) is 0 Å². The molecule has 1 amide bonds. The van der Waals surface area contributed by atoms with Crippen molar-refractivity contribution in [3.8, 4) is 0 Å². The molecule has 2 atom stereocenters. The average molecular weight is 282 g/mol. The maximum Gasteiger partial charge on any atom is 0.239 e. The molecule has 2 rings (SSSR count). The van der Waals surface area contributed by atoms with Crippen molar-refractivity contribution in [3.63, 3.8) is 0 Å². The van der Waals surface area contributed by atoms with Crippen LogP contribution in [0.4, 0.5) is 8.78 Å². The highest BCUT2D eigenvalue weighted by Gasteiger charge is 2.27. The molecule has 1 heterocycles. The SMILES string of the molecule is CC(c1cc(F)ccc1F)N(C)C(=O)[C@H]1CCCCN1. The molecule has 1 aliphatic rings. The number of hydrogen-bond donors (Lipinski definition) is 1. The van der Waals surface area contributed by atoms with E-state index in [4.69, 9.17) is 0 Å². The van der Waals surface area contributed by atoms with E-state index in [0.29, 0.717) is 0 Å². The Bertz CT molecular complexity index is 487. The van der Waals surface area contributed by atoms with Crippen molar-refractivity contribution in [1.29, 1.82) is 0 Å². The first kappa shape index (κ1) is 14.9. The van der Waals surface area contributed by atoms with Crippen molar-refractivity contribution in [2.75, 3.05) is 13.6 Å². The Morgan fingerprint density at radius 3 is 2.80 bits per heavy atom. The Morgan fingerprint density at radius 2 is 2.15 bits per heavy atom. The van der Waals surface area contributed by atoms with Gasteiger partial charge in [0, 0.05) is 12.6 Å². The monoisotopic (exact) mass is 282 g/mol. The molecule has 0 aromatic heterocycles. The van der Waals surface area contributed by atoms with Crippen molar-refractivity contribution >= 4 is 5.91 Å². The Hall–Kier alpha value is -1.49. The highest BCUT2D eigenvalue weighted by Crippen LogP contribution is 2.24. The number of benzene rings is 1. The molecule has 1 aromatic rings. The van der Waals surface area contributed by atoms with Gasteiger partial charge < -0.3 is 10.2 Å². The summed E-state index contributed by atoms with van der Waals surface area (Å²) in [5, 5.41) is 3.17. The van der Waals surface area contributed by atoms with Crippen molar-refractivity contribution in [2.45, 2.75) is 38.3 Å². The lowest BCUT2D eigenvalue weighted by molar-refractivity contribution is -0.134. The van der Waals surface area contributed by atoms with Crippen LogP contribution < -0.4 is 5.32 Å². The zero-order valence-electron chi connectivity index (χ0n) is 11.8. The number of likely N-dealkylation sites (N-methyl/N-ethyl adjacent to an activating group) is 1. The Morgan fingerprint density at radius 1 is 1.40 bits per heavy atom. The van der Waals surface area contributed by atoms with Gasteiger partial charge in [-0.3, -0.25) is 4.79 Å². The van der Waals surface area contributed by atoms with Crippen LogP contribution in [0.2, 0.25) is 0 Å². The smallest absolute Gasteiger partial charge is 0.239 e. The molecule has 0 saturated carbocycles. The minimum Gasteiger partial charge on any atom is -0.338 e. The largest absolute Gasteiger partial charge is 0.338 e. The number of carbonyl (C=O) groups is 1.